The van der Waals surface area contributed by atoms with Gasteiger partial charge in [-0.15, -0.1) is 0 Å². The third-order valence-corrected chi connectivity index (χ3v) is 4.34. The Kier molecular flexibility index (Phi) is 4.52. The highest BCUT2D eigenvalue weighted by atomic mass is 16.5. The van der Waals surface area contributed by atoms with Crippen LogP contribution in [0.4, 0.5) is 0 Å². The standard InChI is InChI=1S/C17H19N3O3/c21-15-7-6-14(19-20-15)16(22)18-12-17(8-10-23-11-9-17)13-4-2-1-3-5-13/h1-7H,8-12H2,(H,18,22)(H,20,21). The molecule has 1 saturated heterocycles. The summed E-state index contributed by atoms with van der Waals surface area (Å²) in [5.41, 5.74) is 0.960. The van der Waals surface area contributed by atoms with Gasteiger partial charge < -0.3 is 10.1 Å². The van der Waals surface area contributed by atoms with Crippen LogP contribution in [0.2, 0.25) is 0 Å². The molecule has 6 heteroatoms. The second kappa shape index (κ2) is 6.75. The van der Waals surface area contributed by atoms with E-state index in [1.807, 2.05) is 18.2 Å². The highest BCUT2D eigenvalue weighted by Gasteiger charge is 2.34. The molecule has 6 nitrogen and oxygen atoms in total. The van der Waals surface area contributed by atoms with Crippen molar-refractivity contribution < 1.29 is 9.53 Å². The second-order valence-electron chi connectivity index (χ2n) is 5.75. The number of rotatable bonds is 4. The molecule has 0 aliphatic carbocycles. The van der Waals surface area contributed by atoms with Crippen LogP contribution < -0.4 is 10.9 Å². The van der Waals surface area contributed by atoms with Crippen LogP contribution >= 0.6 is 0 Å². The Labute approximate surface area is 133 Å². The van der Waals surface area contributed by atoms with Crippen molar-refractivity contribution in [3.05, 3.63) is 64.1 Å². The maximum Gasteiger partial charge on any atom is 0.271 e. The van der Waals surface area contributed by atoms with E-state index in [2.05, 4.69) is 27.6 Å². The number of H-pyrrole nitrogens is 1. The molecule has 0 saturated carbocycles. The second-order valence-corrected chi connectivity index (χ2v) is 5.75. The zero-order valence-corrected chi connectivity index (χ0v) is 12.7. The van der Waals surface area contributed by atoms with Crippen LogP contribution in [0.5, 0.6) is 0 Å². The van der Waals surface area contributed by atoms with Gasteiger partial charge in [-0.3, -0.25) is 9.59 Å². The molecule has 0 bridgehead atoms. The number of amides is 1. The number of ether oxygens (including phenoxy) is 1. The summed E-state index contributed by atoms with van der Waals surface area (Å²) >= 11 is 0. The fourth-order valence-electron chi connectivity index (χ4n) is 2.93. The van der Waals surface area contributed by atoms with Crippen LogP contribution in [0.1, 0.15) is 28.9 Å². The van der Waals surface area contributed by atoms with E-state index < -0.39 is 0 Å². The topological polar surface area (TPSA) is 84.1 Å². The molecular weight excluding hydrogens is 294 g/mol. The fraction of sp³-hybridized carbons (Fsp3) is 0.353. The lowest BCUT2D eigenvalue weighted by atomic mass is 9.74. The van der Waals surface area contributed by atoms with Crippen LogP contribution in [0.15, 0.2) is 47.3 Å². The minimum Gasteiger partial charge on any atom is -0.381 e. The summed E-state index contributed by atoms with van der Waals surface area (Å²) < 4.78 is 5.49. The first-order valence-corrected chi connectivity index (χ1v) is 7.67. The molecule has 1 aromatic carbocycles. The van der Waals surface area contributed by atoms with Gasteiger partial charge in [0.15, 0.2) is 0 Å². The van der Waals surface area contributed by atoms with Crippen molar-refractivity contribution in [1.29, 1.82) is 0 Å². The average Bonchev–Trinajstić information content (AvgIpc) is 2.62. The summed E-state index contributed by atoms with van der Waals surface area (Å²) in [6.07, 6.45) is 1.71. The number of carbonyl (C=O) groups is 1. The molecule has 23 heavy (non-hydrogen) atoms. The van der Waals surface area contributed by atoms with Gasteiger partial charge in [0.1, 0.15) is 5.69 Å². The van der Waals surface area contributed by atoms with Gasteiger partial charge in [0.2, 0.25) is 0 Å². The van der Waals surface area contributed by atoms with Crippen molar-refractivity contribution in [2.45, 2.75) is 18.3 Å². The monoisotopic (exact) mass is 313 g/mol. The molecule has 0 atom stereocenters. The molecule has 3 rings (SSSR count). The van der Waals surface area contributed by atoms with Crippen LogP contribution in [0.25, 0.3) is 0 Å². The van der Waals surface area contributed by atoms with Crippen LogP contribution in [-0.2, 0) is 10.2 Å². The number of hydrogen-bond donors (Lipinski definition) is 2. The van der Waals surface area contributed by atoms with Crippen LogP contribution in [0, 0.1) is 0 Å². The zero-order valence-electron chi connectivity index (χ0n) is 12.7. The van der Waals surface area contributed by atoms with Gasteiger partial charge in [0.05, 0.1) is 0 Å². The molecule has 2 aromatic rings. The van der Waals surface area contributed by atoms with Crippen molar-refractivity contribution in [1.82, 2.24) is 15.5 Å². The van der Waals surface area contributed by atoms with Gasteiger partial charge in [0.25, 0.3) is 11.5 Å². The van der Waals surface area contributed by atoms with E-state index in [1.165, 1.54) is 17.7 Å². The van der Waals surface area contributed by atoms with Gasteiger partial charge >= 0.3 is 0 Å². The van der Waals surface area contributed by atoms with E-state index in [-0.39, 0.29) is 22.6 Å². The molecule has 0 radical (unpaired) electrons. The maximum absolute atomic E-state index is 12.2. The fourth-order valence-corrected chi connectivity index (χ4v) is 2.93. The van der Waals surface area contributed by atoms with E-state index in [0.717, 1.165) is 12.8 Å². The first-order valence-electron chi connectivity index (χ1n) is 7.67. The Morgan fingerprint density at radius 2 is 1.91 bits per heavy atom. The summed E-state index contributed by atoms with van der Waals surface area (Å²) in [5, 5.41) is 8.99. The third kappa shape index (κ3) is 3.48. The summed E-state index contributed by atoms with van der Waals surface area (Å²) in [5.74, 6) is -0.289. The zero-order chi connectivity index (χ0) is 16.1. The quantitative estimate of drug-likeness (QED) is 0.890. The lowest BCUT2D eigenvalue weighted by molar-refractivity contribution is 0.0486. The Morgan fingerprint density at radius 3 is 2.57 bits per heavy atom. The molecule has 1 aromatic heterocycles. The van der Waals surface area contributed by atoms with Gasteiger partial charge in [0, 0.05) is 31.2 Å². The molecule has 2 heterocycles. The minimum atomic E-state index is -0.327. The summed E-state index contributed by atoms with van der Waals surface area (Å²) in [6.45, 7) is 1.88. The molecule has 0 unspecified atom stereocenters. The predicted molar refractivity (Wildman–Crippen MR) is 85.4 cm³/mol. The van der Waals surface area contributed by atoms with Gasteiger partial charge in [-0.2, -0.15) is 5.10 Å². The van der Waals surface area contributed by atoms with Crippen LogP contribution in [-0.4, -0.2) is 35.9 Å². The highest BCUT2D eigenvalue weighted by molar-refractivity contribution is 5.92. The minimum absolute atomic E-state index is 0.128. The number of aromatic amines is 1. The van der Waals surface area contributed by atoms with Gasteiger partial charge in [-0.1, -0.05) is 30.3 Å². The first-order chi connectivity index (χ1) is 11.2. The van der Waals surface area contributed by atoms with Crippen molar-refractivity contribution in [2.75, 3.05) is 19.8 Å². The number of nitrogens with zero attached hydrogens (tertiary/aromatic N) is 1. The van der Waals surface area contributed by atoms with Crippen molar-refractivity contribution in [3.63, 3.8) is 0 Å². The summed E-state index contributed by atoms with van der Waals surface area (Å²) in [6, 6.07) is 12.9. The van der Waals surface area contributed by atoms with E-state index >= 15 is 0 Å². The molecule has 2 N–H and O–H groups in total. The van der Waals surface area contributed by atoms with E-state index in [4.69, 9.17) is 4.74 Å². The smallest absolute Gasteiger partial charge is 0.271 e. The number of hydrogen-bond acceptors (Lipinski definition) is 4. The number of carbonyl (C=O) groups excluding carboxylic acids is 1. The summed E-state index contributed by atoms with van der Waals surface area (Å²) in [7, 11) is 0. The normalized spacial score (nSPS) is 16.7. The van der Waals surface area contributed by atoms with Gasteiger partial charge in [-0.25, -0.2) is 5.10 Å². The molecule has 1 amide bonds. The SMILES string of the molecule is O=C(NCC1(c2ccccc2)CCOCC1)c1ccc(=O)[nH]n1. The molecule has 1 aliphatic rings. The van der Waals surface area contributed by atoms with Crippen LogP contribution in [0.3, 0.4) is 0 Å². The number of nitrogens with one attached hydrogen (secondary N) is 2. The lowest BCUT2D eigenvalue weighted by Crippen LogP contribution is -2.44. The molecule has 120 valence electrons. The van der Waals surface area contributed by atoms with Crippen molar-refractivity contribution in [3.8, 4) is 0 Å². The highest BCUT2D eigenvalue weighted by Crippen LogP contribution is 2.34. The predicted octanol–water partition coefficient (Wildman–Crippen LogP) is 1.25. The molecule has 1 fully saturated rings. The van der Waals surface area contributed by atoms with Crippen molar-refractivity contribution >= 4 is 5.91 Å². The lowest BCUT2D eigenvalue weighted by Gasteiger charge is -2.37. The largest absolute Gasteiger partial charge is 0.381 e. The Bertz CT molecular complexity index is 701. The van der Waals surface area contributed by atoms with Crippen molar-refractivity contribution in [2.24, 2.45) is 0 Å². The summed E-state index contributed by atoms with van der Waals surface area (Å²) in [4.78, 5) is 23.3. The van der Waals surface area contributed by atoms with Gasteiger partial charge in [-0.05, 0) is 24.5 Å². The van der Waals surface area contributed by atoms with E-state index in [0.29, 0.717) is 19.8 Å². The third-order valence-electron chi connectivity index (χ3n) is 4.34. The number of benzene rings is 1. The Morgan fingerprint density at radius 1 is 1.17 bits per heavy atom. The Hall–Kier alpha value is -2.47. The Balaban J connectivity index is 1.76. The number of aromatic nitrogens is 2. The molecule has 0 spiro atoms. The van der Waals surface area contributed by atoms with E-state index in [9.17, 15) is 9.59 Å². The first kappa shape index (κ1) is 15.4. The average molecular weight is 313 g/mol. The molecular formula is C17H19N3O3. The molecule has 1 aliphatic heterocycles. The maximum atomic E-state index is 12.2. The van der Waals surface area contributed by atoms with E-state index in [1.54, 1.807) is 0 Å².